The molecule has 2 N–H and O–H groups in total. The normalized spacial score (nSPS) is 11.6. The quantitative estimate of drug-likeness (QED) is 0.510. The molecule has 1 atom stereocenters. The SMILES string of the molecule is Cc1ccc(Nc2ccc(NC(=O)C(C)n3cncn3)cc2)c([N+](=O)[O-])c1. The highest BCUT2D eigenvalue weighted by Gasteiger charge is 2.16. The Hall–Kier alpha value is -3.75. The molecule has 1 heterocycles. The van der Waals surface area contributed by atoms with Gasteiger partial charge in [-0.3, -0.25) is 14.9 Å². The monoisotopic (exact) mass is 366 g/mol. The van der Waals surface area contributed by atoms with Crippen molar-refractivity contribution < 1.29 is 9.72 Å². The van der Waals surface area contributed by atoms with Gasteiger partial charge in [0, 0.05) is 17.4 Å². The number of hydrogen-bond donors (Lipinski definition) is 2. The summed E-state index contributed by atoms with van der Waals surface area (Å²) in [6, 6.07) is 11.4. The number of benzene rings is 2. The lowest BCUT2D eigenvalue weighted by molar-refractivity contribution is -0.384. The van der Waals surface area contributed by atoms with E-state index in [1.165, 1.54) is 23.4 Å². The van der Waals surface area contributed by atoms with Crippen LogP contribution in [0.25, 0.3) is 0 Å². The minimum atomic E-state index is -0.500. The highest BCUT2D eigenvalue weighted by Crippen LogP contribution is 2.29. The maximum atomic E-state index is 12.2. The highest BCUT2D eigenvalue weighted by molar-refractivity contribution is 5.93. The zero-order chi connectivity index (χ0) is 19.4. The van der Waals surface area contributed by atoms with Gasteiger partial charge in [-0.15, -0.1) is 0 Å². The molecule has 0 radical (unpaired) electrons. The molecule has 3 aromatic rings. The molecule has 0 fully saturated rings. The molecule has 9 heteroatoms. The lowest BCUT2D eigenvalue weighted by Gasteiger charge is -2.13. The number of nitro groups is 1. The van der Waals surface area contributed by atoms with Crippen LogP contribution in [0.3, 0.4) is 0 Å². The van der Waals surface area contributed by atoms with Gasteiger partial charge in [0.25, 0.3) is 5.69 Å². The number of anilines is 3. The fourth-order valence-corrected chi connectivity index (χ4v) is 2.48. The fraction of sp³-hybridized carbons (Fsp3) is 0.167. The number of amides is 1. The summed E-state index contributed by atoms with van der Waals surface area (Å²) >= 11 is 0. The fourth-order valence-electron chi connectivity index (χ4n) is 2.48. The Morgan fingerprint density at radius 2 is 1.89 bits per heavy atom. The van der Waals surface area contributed by atoms with Crippen molar-refractivity contribution in [1.82, 2.24) is 14.8 Å². The van der Waals surface area contributed by atoms with Crippen molar-refractivity contribution in [3.63, 3.8) is 0 Å². The highest BCUT2D eigenvalue weighted by atomic mass is 16.6. The smallest absolute Gasteiger partial charge is 0.292 e. The van der Waals surface area contributed by atoms with Crippen LogP contribution in [0.1, 0.15) is 18.5 Å². The largest absolute Gasteiger partial charge is 0.350 e. The number of nitro benzene ring substituents is 1. The van der Waals surface area contributed by atoms with Crippen molar-refractivity contribution in [2.75, 3.05) is 10.6 Å². The lowest BCUT2D eigenvalue weighted by Crippen LogP contribution is -2.23. The summed E-state index contributed by atoms with van der Waals surface area (Å²) in [5.74, 6) is -0.226. The minimum absolute atomic E-state index is 0.00837. The molecule has 0 saturated carbocycles. The van der Waals surface area contributed by atoms with Gasteiger partial charge in [-0.1, -0.05) is 6.07 Å². The molecule has 2 aromatic carbocycles. The van der Waals surface area contributed by atoms with Crippen molar-refractivity contribution in [2.45, 2.75) is 19.9 Å². The second-order valence-electron chi connectivity index (χ2n) is 6.02. The summed E-state index contributed by atoms with van der Waals surface area (Å²) in [4.78, 5) is 26.9. The lowest BCUT2D eigenvalue weighted by atomic mass is 10.2. The molecule has 138 valence electrons. The maximum absolute atomic E-state index is 12.2. The van der Waals surface area contributed by atoms with Crippen LogP contribution in [0.5, 0.6) is 0 Å². The number of carbonyl (C=O) groups is 1. The minimum Gasteiger partial charge on any atom is -0.350 e. The number of aromatic nitrogens is 3. The number of hydrogen-bond acceptors (Lipinski definition) is 6. The molecule has 27 heavy (non-hydrogen) atoms. The van der Waals surface area contributed by atoms with Gasteiger partial charge in [0.15, 0.2) is 0 Å². The Morgan fingerprint density at radius 1 is 1.19 bits per heavy atom. The van der Waals surface area contributed by atoms with E-state index in [0.29, 0.717) is 17.1 Å². The molecule has 9 nitrogen and oxygen atoms in total. The van der Waals surface area contributed by atoms with Crippen LogP contribution in [0.4, 0.5) is 22.7 Å². The van der Waals surface area contributed by atoms with Gasteiger partial charge in [0.1, 0.15) is 24.4 Å². The summed E-state index contributed by atoms with van der Waals surface area (Å²) in [7, 11) is 0. The second kappa shape index (κ2) is 7.65. The number of nitrogens with zero attached hydrogens (tertiary/aromatic N) is 4. The summed E-state index contributed by atoms with van der Waals surface area (Å²) < 4.78 is 1.46. The number of nitrogens with one attached hydrogen (secondary N) is 2. The van der Waals surface area contributed by atoms with Crippen LogP contribution in [-0.2, 0) is 4.79 Å². The van der Waals surface area contributed by atoms with Gasteiger partial charge < -0.3 is 10.6 Å². The molecule has 0 aliphatic heterocycles. The molecule has 0 spiro atoms. The van der Waals surface area contributed by atoms with Gasteiger partial charge in [0.05, 0.1) is 4.92 Å². The molecule has 1 unspecified atom stereocenters. The van der Waals surface area contributed by atoms with E-state index in [0.717, 1.165) is 5.56 Å². The third kappa shape index (κ3) is 4.27. The van der Waals surface area contributed by atoms with Crippen molar-refractivity contribution in [2.24, 2.45) is 0 Å². The number of aryl methyl sites for hydroxylation is 1. The predicted molar refractivity (Wildman–Crippen MR) is 101 cm³/mol. The van der Waals surface area contributed by atoms with Crippen LogP contribution in [-0.4, -0.2) is 25.6 Å². The summed E-state index contributed by atoms with van der Waals surface area (Å²) in [6.07, 6.45) is 2.85. The predicted octanol–water partition coefficient (Wildman–Crippen LogP) is 3.44. The van der Waals surface area contributed by atoms with Crippen molar-refractivity contribution in [3.05, 3.63) is 70.8 Å². The summed E-state index contributed by atoms with van der Waals surface area (Å²) in [5.41, 5.74) is 2.50. The Balaban J connectivity index is 1.69. The average Bonchev–Trinajstić information content (AvgIpc) is 3.18. The zero-order valence-corrected chi connectivity index (χ0v) is 14.8. The van der Waals surface area contributed by atoms with Crippen molar-refractivity contribution >= 4 is 28.7 Å². The average molecular weight is 366 g/mol. The van der Waals surface area contributed by atoms with Crippen LogP contribution < -0.4 is 10.6 Å². The summed E-state index contributed by atoms with van der Waals surface area (Å²) in [6.45, 7) is 3.52. The topological polar surface area (TPSA) is 115 Å². The Kier molecular flexibility index (Phi) is 5.11. The first kappa shape index (κ1) is 18.1. The molecule has 0 aliphatic carbocycles. The maximum Gasteiger partial charge on any atom is 0.292 e. The molecule has 1 amide bonds. The van der Waals surface area contributed by atoms with Gasteiger partial charge in [-0.2, -0.15) is 5.10 Å². The third-order valence-corrected chi connectivity index (χ3v) is 3.99. The van der Waals surface area contributed by atoms with E-state index < -0.39 is 11.0 Å². The van der Waals surface area contributed by atoms with Gasteiger partial charge in [0.2, 0.25) is 5.91 Å². The first-order valence-corrected chi connectivity index (χ1v) is 8.21. The van der Waals surface area contributed by atoms with Gasteiger partial charge in [-0.25, -0.2) is 9.67 Å². The van der Waals surface area contributed by atoms with Crippen LogP contribution in [0, 0.1) is 17.0 Å². The van der Waals surface area contributed by atoms with Crippen LogP contribution in [0.2, 0.25) is 0 Å². The molecule has 1 aromatic heterocycles. The Bertz CT molecular complexity index is 954. The number of rotatable bonds is 6. The Morgan fingerprint density at radius 3 is 2.52 bits per heavy atom. The zero-order valence-electron chi connectivity index (χ0n) is 14.8. The number of carbonyl (C=O) groups excluding carboxylic acids is 1. The molecule has 0 bridgehead atoms. The molecular weight excluding hydrogens is 348 g/mol. The first-order chi connectivity index (χ1) is 12.9. The summed E-state index contributed by atoms with van der Waals surface area (Å²) in [5, 5.41) is 21.0. The van der Waals surface area contributed by atoms with E-state index in [2.05, 4.69) is 20.7 Å². The van der Waals surface area contributed by atoms with Crippen LogP contribution >= 0.6 is 0 Å². The van der Waals surface area contributed by atoms with Crippen LogP contribution in [0.15, 0.2) is 55.1 Å². The van der Waals surface area contributed by atoms with Gasteiger partial charge >= 0.3 is 0 Å². The Labute approximate surface area is 155 Å². The first-order valence-electron chi connectivity index (χ1n) is 8.21. The molecule has 3 rings (SSSR count). The van der Waals surface area contributed by atoms with E-state index in [1.807, 2.05) is 0 Å². The van der Waals surface area contributed by atoms with Crippen molar-refractivity contribution in [3.8, 4) is 0 Å². The van der Waals surface area contributed by atoms with E-state index in [-0.39, 0.29) is 11.6 Å². The molecular formula is C18H18N6O3. The molecule has 0 saturated heterocycles. The van der Waals surface area contributed by atoms with E-state index >= 15 is 0 Å². The van der Waals surface area contributed by atoms with E-state index in [9.17, 15) is 14.9 Å². The second-order valence-corrected chi connectivity index (χ2v) is 6.02. The molecule has 0 aliphatic rings. The van der Waals surface area contributed by atoms with E-state index in [1.54, 1.807) is 50.2 Å². The third-order valence-electron chi connectivity index (χ3n) is 3.99. The van der Waals surface area contributed by atoms with Gasteiger partial charge in [-0.05, 0) is 49.7 Å². The van der Waals surface area contributed by atoms with Crippen molar-refractivity contribution in [1.29, 1.82) is 0 Å². The standard InChI is InChI=1S/C18H18N6O3/c1-12-3-8-16(17(9-12)24(26)27)21-14-4-6-15(7-5-14)22-18(25)13(2)23-11-19-10-20-23/h3-11,13,21H,1-2H3,(H,22,25). The van der Waals surface area contributed by atoms with E-state index in [4.69, 9.17) is 0 Å².